The Kier molecular flexibility index (Phi) is 6.17. The van der Waals surface area contributed by atoms with Gasteiger partial charge in [-0.25, -0.2) is 0 Å². The normalized spacial score (nSPS) is 16.2. The van der Waals surface area contributed by atoms with Gasteiger partial charge in [0.1, 0.15) is 5.75 Å². The molecule has 0 bridgehead atoms. The number of carbonyl (C=O) groups excluding carboxylic acids is 1. The van der Waals surface area contributed by atoms with Crippen LogP contribution in [0.25, 0.3) is 10.4 Å². The predicted octanol–water partition coefficient (Wildman–Crippen LogP) is 7.32. The lowest BCUT2D eigenvalue weighted by molar-refractivity contribution is 0.0955. The van der Waals surface area contributed by atoms with Gasteiger partial charge in [0.05, 0.1) is 12.0 Å². The molecule has 1 amide bonds. The molecule has 0 radical (unpaired) electrons. The van der Waals surface area contributed by atoms with Crippen molar-refractivity contribution in [2.45, 2.75) is 71.8 Å². The molecule has 4 rings (SSSR count). The molecule has 1 N–H and O–H groups in total. The molecule has 4 heteroatoms. The SMILES string of the molecule is COc1cc2c(cc1-c1ccc(C(=O)NCc3ccc(C)c(C)c3)s1)C(C)(C)CCC2(C)C. The van der Waals surface area contributed by atoms with Crippen LogP contribution in [-0.2, 0) is 17.4 Å². The second kappa shape index (κ2) is 8.64. The van der Waals surface area contributed by atoms with Crippen LogP contribution in [0.2, 0.25) is 0 Å². The molecular formula is C29H35NO2S. The Morgan fingerprint density at radius 2 is 1.61 bits per heavy atom. The number of carbonyl (C=O) groups is 1. The summed E-state index contributed by atoms with van der Waals surface area (Å²) in [6.45, 7) is 14.0. The highest BCUT2D eigenvalue weighted by atomic mass is 32.1. The maximum absolute atomic E-state index is 12.9. The summed E-state index contributed by atoms with van der Waals surface area (Å²) in [5, 5.41) is 3.07. The van der Waals surface area contributed by atoms with Gasteiger partial charge in [-0.05, 0) is 89.6 Å². The summed E-state index contributed by atoms with van der Waals surface area (Å²) in [5.41, 5.74) is 7.71. The number of fused-ring (bicyclic) bond motifs is 1. The Bertz CT molecular complexity index is 1200. The standard InChI is InChI=1S/C29H35NO2S/c1-18-8-9-20(14-19(18)2)17-30-27(31)26-11-10-25(33-26)21-15-22-23(16-24(21)32-7)29(5,6)13-12-28(22,3)4/h8-11,14-16H,12-13,17H2,1-7H3,(H,30,31). The van der Waals surface area contributed by atoms with Gasteiger partial charge in [0.15, 0.2) is 0 Å². The van der Waals surface area contributed by atoms with Crippen LogP contribution in [-0.4, -0.2) is 13.0 Å². The van der Waals surface area contributed by atoms with Crippen LogP contribution in [0.4, 0.5) is 0 Å². The van der Waals surface area contributed by atoms with Crippen LogP contribution in [0.1, 0.15) is 78.0 Å². The minimum absolute atomic E-state index is 0.0390. The van der Waals surface area contributed by atoms with Crippen molar-refractivity contribution in [3.8, 4) is 16.2 Å². The summed E-state index contributed by atoms with van der Waals surface area (Å²) >= 11 is 1.52. The fourth-order valence-corrected chi connectivity index (χ4v) is 5.69. The van der Waals surface area contributed by atoms with Gasteiger partial charge in [-0.1, -0.05) is 45.9 Å². The van der Waals surface area contributed by atoms with Crippen molar-refractivity contribution >= 4 is 17.2 Å². The maximum atomic E-state index is 12.9. The van der Waals surface area contributed by atoms with E-state index in [9.17, 15) is 4.79 Å². The molecule has 1 aromatic heterocycles. The van der Waals surface area contributed by atoms with Gasteiger partial charge in [0.25, 0.3) is 5.91 Å². The van der Waals surface area contributed by atoms with Gasteiger partial charge in [-0.15, -0.1) is 11.3 Å². The number of amides is 1. The Hall–Kier alpha value is -2.59. The van der Waals surface area contributed by atoms with Crippen LogP contribution in [0.3, 0.4) is 0 Å². The summed E-state index contributed by atoms with van der Waals surface area (Å²) in [5.74, 6) is 0.839. The van der Waals surface area contributed by atoms with E-state index in [1.165, 1.54) is 40.0 Å². The first-order valence-corrected chi connectivity index (χ1v) is 12.5. The Balaban J connectivity index is 1.61. The smallest absolute Gasteiger partial charge is 0.261 e. The highest BCUT2D eigenvalue weighted by Crippen LogP contribution is 2.49. The van der Waals surface area contributed by atoms with Gasteiger partial charge in [-0.3, -0.25) is 4.79 Å². The zero-order valence-electron chi connectivity index (χ0n) is 20.9. The Morgan fingerprint density at radius 1 is 0.939 bits per heavy atom. The summed E-state index contributed by atoms with van der Waals surface area (Å²) in [4.78, 5) is 14.6. The number of hydrogen-bond acceptors (Lipinski definition) is 3. The molecule has 1 heterocycles. The lowest BCUT2D eigenvalue weighted by atomic mass is 9.63. The molecule has 0 unspecified atom stereocenters. The van der Waals surface area contributed by atoms with E-state index < -0.39 is 0 Å². The summed E-state index contributed by atoms with van der Waals surface area (Å²) in [7, 11) is 1.73. The third kappa shape index (κ3) is 4.59. The van der Waals surface area contributed by atoms with E-state index in [1.54, 1.807) is 7.11 Å². The summed E-state index contributed by atoms with van der Waals surface area (Å²) < 4.78 is 5.83. The summed E-state index contributed by atoms with van der Waals surface area (Å²) in [6, 6.07) is 14.8. The van der Waals surface area contributed by atoms with Crippen molar-refractivity contribution in [3.05, 3.63) is 75.2 Å². The molecule has 2 aromatic carbocycles. The van der Waals surface area contributed by atoms with Crippen LogP contribution in [0.15, 0.2) is 42.5 Å². The van der Waals surface area contributed by atoms with Crippen molar-refractivity contribution < 1.29 is 9.53 Å². The van der Waals surface area contributed by atoms with Crippen LogP contribution in [0, 0.1) is 13.8 Å². The second-order valence-corrected chi connectivity index (χ2v) is 11.7. The van der Waals surface area contributed by atoms with Gasteiger partial charge in [0.2, 0.25) is 0 Å². The van der Waals surface area contributed by atoms with Crippen LogP contribution >= 0.6 is 11.3 Å². The quantitative estimate of drug-likeness (QED) is 0.432. The van der Waals surface area contributed by atoms with Crippen molar-refractivity contribution in [2.24, 2.45) is 0 Å². The van der Waals surface area contributed by atoms with Crippen molar-refractivity contribution in [1.29, 1.82) is 0 Å². The first-order chi connectivity index (χ1) is 15.5. The molecular weight excluding hydrogens is 426 g/mol. The molecule has 0 atom stereocenters. The fraction of sp³-hybridized carbons (Fsp3) is 0.414. The van der Waals surface area contributed by atoms with E-state index in [0.717, 1.165) is 28.2 Å². The van der Waals surface area contributed by atoms with E-state index in [0.29, 0.717) is 11.4 Å². The molecule has 3 nitrogen and oxygen atoms in total. The van der Waals surface area contributed by atoms with Gasteiger partial charge in [-0.2, -0.15) is 0 Å². The van der Waals surface area contributed by atoms with Gasteiger partial charge < -0.3 is 10.1 Å². The van der Waals surface area contributed by atoms with E-state index in [4.69, 9.17) is 4.74 Å². The zero-order valence-corrected chi connectivity index (χ0v) is 21.7. The molecule has 174 valence electrons. The summed E-state index contributed by atoms with van der Waals surface area (Å²) in [6.07, 6.45) is 2.33. The first kappa shape index (κ1) is 23.6. The zero-order chi connectivity index (χ0) is 24.0. The topological polar surface area (TPSA) is 38.3 Å². The number of hydrogen-bond donors (Lipinski definition) is 1. The molecule has 1 aliphatic rings. The number of rotatable bonds is 5. The van der Waals surface area contributed by atoms with Crippen molar-refractivity contribution in [3.63, 3.8) is 0 Å². The lowest BCUT2D eigenvalue weighted by Gasteiger charge is -2.42. The average Bonchev–Trinajstić information content (AvgIpc) is 3.27. The molecule has 0 fully saturated rings. The maximum Gasteiger partial charge on any atom is 0.261 e. The van der Waals surface area contributed by atoms with Crippen molar-refractivity contribution in [2.75, 3.05) is 7.11 Å². The number of thiophene rings is 1. The molecule has 1 aliphatic carbocycles. The van der Waals surface area contributed by atoms with Gasteiger partial charge in [0, 0.05) is 17.0 Å². The molecule has 0 saturated heterocycles. The fourth-order valence-electron chi connectivity index (χ4n) is 4.74. The number of benzene rings is 2. The third-order valence-corrected chi connectivity index (χ3v) is 8.41. The number of nitrogens with one attached hydrogen (secondary N) is 1. The minimum Gasteiger partial charge on any atom is -0.496 e. The monoisotopic (exact) mass is 461 g/mol. The van der Waals surface area contributed by atoms with E-state index in [1.807, 2.05) is 12.1 Å². The minimum atomic E-state index is -0.0390. The number of methoxy groups -OCH3 is 1. The Morgan fingerprint density at radius 3 is 2.24 bits per heavy atom. The average molecular weight is 462 g/mol. The predicted molar refractivity (Wildman–Crippen MR) is 139 cm³/mol. The van der Waals surface area contributed by atoms with E-state index >= 15 is 0 Å². The Labute approximate surface area is 202 Å². The molecule has 0 saturated carbocycles. The number of aryl methyl sites for hydroxylation is 2. The molecule has 0 spiro atoms. The molecule has 0 aliphatic heterocycles. The van der Waals surface area contributed by atoms with E-state index in [-0.39, 0.29) is 16.7 Å². The van der Waals surface area contributed by atoms with E-state index in [2.05, 4.69) is 77.2 Å². The second-order valence-electron chi connectivity index (χ2n) is 10.6. The largest absolute Gasteiger partial charge is 0.496 e. The van der Waals surface area contributed by atoms with Crippen LogP contribution in [0.5, 0.6) is 5.75 Å². The lowest BCUT2D eigenvalue weighted by Crippen LogP contribution is -2.33. The highest BCUT2D eigenvalue weighted by molar-refractivity contribution is 7.17. The number of ether oxygens (including phenoxy) is 1. The highest BCUT2D eigenvalue weighted by Gasteiger charge is 2.38. The van der Waals surface area contributed by atoms with Gasteiger partial charge >= 0.3 is 0 Å². The molecule has 3 aromatic rings. The van der Waals surface area contributed by atoms with Crippen molar-refractivity contribution in [1.82, 2.24) is 5.32 Å². The van der Waals surface area contributed by atoms with Crippen LogP contribution < -0.4 is 10.1 Å². The first-order valence-electron chi connectivity index (χ1n) is 11.7. The molecule has 33 heavy (non-hydrogen) atoms. The third-order valence-electron chi connectivity index (χ3n) is 7.29.